The third kappa shape index (κ3) is 3.62. The van der Waals surface area contributed by atoms with Crippen LogP contribution in [0.4, 0.5) is 5.82 Å². The molecule has 22 heavy (non-hydrogen) atoms. The molecule has 2 aliphatic rings. The van der Waals surface area contributed by atoms with Crippen LogP contribution in [0, 0.1) is 0 Å². The summed E-state index contributed by atoms with van der Waals surface area (Å²) in [5.41, 5.74) is 1.42. The lowest BCUT2D eigenvalue weighted by Crippen LogP contribution is -2.39. The fourth-order valence-corrected chi connectivity index (χ4v) is 4.15. The van der Waals surface area contributed by atoms with Crippen molar-refractivity contribution in [3.8, 4) is 0 Å². The van der Waals surface area contributed by atoms with E-state index in [1.807, 2.05) is 6.20 Å². The Morgan fingerprint density at radius 1 is 1.09 bits per heavy atom. The van der Waals surface area contributed by atoms with Crippen molar-refractivity contribution in [3.05, 3.63) is 23.9 Å². The van der Waals surface area contributed by atoms with Crippen molar-refractivity contribution < 1.29 is 0 Å². The van der Waals surface area contributed by atoms with E-state index >= 15 is 0 Å². The molecule has 1 saturated heterocycles. The second-order valence-electron chi connectivity index (χ2n) is 7.26. The van der Waals surface area contributed by atoms with Gasteiger partial charge in [-0.1, -0.05) is 31.7 Å². The lowest BCUT2D eigenvalue weighted by Gasteiger charge is -2.39. The van der Waals surface area contributed by atoms with Crippen LogP contribution in [0.2, 0.25) is 0 Å². The summed E-state index contributed by atoms with van der Waals surface area (Å²) in [6.45, 7) is 5.87. The Kier molecular flexibility index (Phi) is 5.35. The van der Waals surface area contributed by atoms with Crippen molar-refractivity contribution in [3.63, 3.8) is 0 Å². The molecule has 1 aliphatic heterocycles. The van der Waals surface area contributed by atoms with Crippen LogP contribution >= 0.6 is 0 Å². The van der Waals surface area contributed by atoms with Crippen LogP contribution in [0.15, 0.2) is 18.3 Å². The summed E-state index contributed by atoms with van der Waals surface area (Å²) < 4.78 is 0. The molecule has 1 saturated carbocycles. The summed E-state index contributed by atoms with van der Waals surface area (Å²) in [6, 6.07) is 6.16. The van der Waals surface area contributed by atoms with E-state index in [4.69, 9.17) is 4.98 Å². The maximum Gasteiger partial charge on any atom is 0.130 e. The molecule has 122 valence electrons. The lowest BCUT2D eigenvalue weighted by atomic mass is 9.92. The van der Waals surface area contributed by atoms with Crippen molar-refractivity contribution in [1.29, 1.82) is 0 Å². The first-order chi connectivity index (χ1) is 10.8. The first kappa shape index (κ1) is 15.8. The highest BCUT2D eigenvalue weighted by Gasteiger charge is 2.28. The van der Waals surface area contributed by atoms with Crippen LogP contribution in [0.5, 0.6) is 0 Å². The lowest BCUT2D eigenvalue weighted by molar-refractivity contribution is 0.112. The minimum absolute atomic E-state index is 0.536. The average Bonchev–Trinajstić information content (AvgIpc) is 2.56. The van der Waals surface area contributed by atoms with Gasteiger partial charge in [0.1, 0.15) is 5.82 Å². The quantitative estimate of drug-likeness (QED) is 0.869. The van der Waals surface area contributed by atoms with E-state index in [2.05, 4.69) is 36.2 Å². The summed E-state index contributed by atoms with van der Waals surface area (Å²) in [5.74, 6) is 1.15. The average molecular weight is 301 g/mol. The molecule has 0 spiro atoms. The van der Waals surface area contributed by atoms with Crippen molar-refractivity contribution in [1.82, 2.24) is 9.88 Å². The van der Waals surface area contributed by atoms with Gasteiger partial charge in [0.25, 0.3) is 0 Å². The number of hydrogen-bond acceptors (Lipinski definition) is 3. The SMILES string of the molecule is CC(C)N1CCCCC1c1cccnc1NC1CCCCC1. The van der Waals surface area contributed by atoms with Crippen molar-refractivity contribution >= 4 is 5.82 Å². The van der Waals surface area contributed by atoms with Gasteiger partial charge in [0, 0.05) is 29.9 Å². The highest BCUT2D eigenvalue weighted by Crippen LogP contribution is 2.36. The van der Waals surface area contributed by atoms with Crippen molar-refractivity contribution in [2.75, 3.05) is 11.9 Å². The van der Waals surface area contributed by atoms with E-state index in [0.717, 1.165) is 5.82 Å². The highest BCUT2D eigenvalue weighted by molar-refractivity contribution is 5.46. The molecule has 1 atom stereocenters. The molecule has 3 rings (SSSR count). The molecular formula is C19H31N3. The predicted molar refractivity (Wildman–Crippen MR) is 93.2 cm³/mol. The van der Waals surface area contributed by atoms with Crippen LogP contribution < -0.4 is 5.32 Å². The number of hydrogen-bond donors (Lipinski definition) is 1. The molecule has 0 aromatic carbocycles. The second-order valence-corrected chi connectivity index (χ2v) is 7.26. The first-order valence-electron chi connectivity index (χ1n) is 9.23. The number of rotatable bonds is 4. The van der Waals surface area contributed by atoms with Gasteiger partial charge in [0.05, 0.1) is 0 Å². The fourth-order valence-electron chi connectivity index (χ4n) is 4.15. The minimum atomic E-state index is 0.536. The first-order valence-corrected chi connectivity index (χ1v) is 9.23. The molecule has 1 unspecified atom stereocenters. The monoisotopic (exact) mass is 301 g/mol. The third-order valence-corrected chi connectivity index (χ3v) is 5.35. The van der Waals surface area contributed by atoms with Gasteiger partial charge >= 0.3 is 0 Å². The van der Waals surface area contributed by atoms with Gasteiger partial charge in [0.15, 0.2) is 0 Å². The molecule has 0 amide bonds. The summed E-state index contributed by atoms with van der Waals surface area (Å²) in [4.78, 5) is 7.36. The zero-order valence-electron chi connectivity index (χ0n) is 14.2. The van der Waals surface area contributed by atoms with Crippen LogP contribution in [0.3, 0.4) is 0 Å². The molecule has 3 heteroatoms. The number of nitrogens with zero attached hydrogens (tertiary/aromatic N) is 2. The summed E-state index contributed by atoms with van der Waals surface area (Å²) in [5, 5.41) is 3.77. The van der Waals surface area contributed by atoms with E-state index in [0.29, 0.717) is 18.1 Å². The van der Waals surface area contributed by atoms with Crippen LogP contribution in [0.25, 0.3) is 0 Å². The van der Waals surface area contributed by atoms with Gasteiger partial charge in [-0.05, 0) is 52.1 Å². The maximum absolute atomic E-state index is 4.70. The number of nitrogens with one attached hydrogen (secondary N) is 1. The topological polar surface area (TPSA) is 28.2 Å². The highest BCUT2D eigenvalue weighted by atomic mass is 15.2. The van der Waals surface area contributed by atoms with Crippen LogP contribution in [-0.2, 0) is 0 Å². The summed E-state index contributed by atoms with van der Waals surface area (Å²) >= 11 is 0. The van der Waals surface area contributed by atoms with Gasteiger partial charge in [-0.2, -0.15) is 0 Å². The molecule has 0 bridgehead atoms. The number of pyridine rings is 1. The Balaban J connectivity index is 1.79. The summed E-state index contributed by atoms with van der Waals surface area (Å²) in [6.07, 6.45) is 12.6. The molecule has 2 fully saturated rings. The smallest absolute Gasteiger partial charge is 0.130 e. The molecule has 3 nitrogen and oxygen atoms in total. The van der Waals surface area contributed by atoms with Crippen LogP contribution in [-0.4, -0.2) is 28.5 Å². The van der Waals surface area contributed by atoms with E-state index in [-0.39, 0.29) is 0 Å². The zero-order valence-corrected chi connectivity index (χ0v) is 14.2. The molecular weight excluding hydrogens is 270 g/mol. The standard InChI is InChI=1S/C19H31N3/c1-15(2)22-14-7-6-12-18(22)17-11-8-13-20-19(17)21-16-9-4-3-5-10-16/h8,11,13,15-16,18H,3-7,9-10,12,14H2,1-2H3,(H,20,21). The van der Waals surface area contributed by atoms with Gasteiger partial charge in [-0.15, -0.1) is 0 Å². The van der Waals surface area contributed by atoms with Crippen molar-refractivity contribution in [2.24, 2.45) is 0 Å². The second kappa shape index (κ2) is 7.45. The van der Waals surface area contributed by atoms with Gasteiger partial charge in [-0.3, -0.25) is 4.90 Å². The Labute approximate surface area is 135 Å². The normalized spacial score (nSPS) is 24.6. The molecule has 2 heterocycles. The molecule has 1 N–H and O–H groups in total. The van der Waals surface area contributed by atoms with Crippen molar-refractivity contribution in [2.45, 2.75) is 83.3 Å². The van der Waals surface area contributed by atoms with E-state index in [1.54, 1.807) is 0 Å². The van der Waals surface area contributed by atoms with Gasteiger partial charge in [0.2, 0.25) is 0 Å². The summed E-state index contributed by atoms with van der Waals surface area (Å²) in [7, 11) is 0. The predicted octanol–water partition coefficient (Wildman–Crippen LogP) is 4.76. The fraction of sp³-hybridized carbons (Fsp3) is 0.737. The minimum Gasteiger partial charge on any atom is -0.367 e. The molecule has 0 radical (unpaired) electrons. The number of anilines is 1. The zero-order chi connectivity index (χ0) is 15.4. The Morgan fingerprint density at radius 2 is 1.86 bits per heavy atom. The Morgan fingerprint density at radius 3 is 2.64 bits per heavy atom. The van der Waals surface area contributed by atoms with E-state index in [1.165, 1.54) is 63.5 Å². The third-order valence-electron chi connectivity index (χ3n) is 5.35. The molecule has 1 aliphatic carbocycles. The molecule has 1 aromatic heterocycles. The van der Waals surface area contributed by atoms with E-state index in [9.17, 15) is 0 Å². The van der Waals surface area contributed by atoms with Gasteiger partial charge < -0.3 is 5.32 Å². The number of aromatic nitrogens is 1. The molecule has 1 aromatic rings. The Bertz CT molecular complexity index is 466. The largest absolute Gasteiger partial charge is 0.367 e. The number of likely N-dealkylation sites (tertiary alicyclic amines) is 1. The maximum atomic E-state index is 4.70. The van der Waals surface area contributed by atoms with Crippen LogP contribution in [0.1, 0.15) is 76.8 Å². The number of piperidine rings is 1. The Hall–Kier alpha value is -1.09. The van der Waals surface area contributed by atoms with Gasteiger partial charge in [-0.25, -0.2) is 4.98 Å². The van der Waals surface area contributed by atoms with E-state index < -0.39 is 0 Å².